The topological polar surface area (TPSA) is 0 Å². The average Bonchev–Trinajstić information content (AvgIpc) is 2.78. The molecular weight excluding hydrogens is 391 g/mol. The van der Waals surface area contributed by atoms with E-state index in [1.165, 1.54) is 135 Å². The van der Waals surface area contributed by atoms with Crippen LogP contribution in [0.3, 0.4) is 0 Å². The maximum atomic E-state index is 2.38. The van der Waals surface area contributed by atoms with Crippen molar-refractivity contribution in [3.8, 4) is 0 Å². The van der Waals surface area contributed by atoms with Crippen LogP contribution in [0.5, 0.6) is 0 Å². The van der Waals surface area contributed by atoms with Crippen LogP contribution in [0, 0.1) is 0 Å². The molecule has 188 valence electrons. The summed E-state index contributed by atoms with van der Waals surface area (Å²) >= 11 is 0. The van der Waals surface area contributed by atoms with Crippen molar-refractivity contribution < 1.29 is 0 Å². The van der Waals surface area contributed by atoms with Crippen LogP contribution < -0.4 is 0 Å². The van der Waals surface area contributed by atoms with Crippen molar-refractivity contribution >= 4 is 7.26 Å². The fraction of sp³-hybridized carbons (Fsp3) is 1.00. The molecule has 0 radical (unpaired) electrons. The quantitative estimate of drug-likeness (QED) is 0.0898. The van der Waals surface area contributed by atoms with Gasteiger partial charge in [-0.05, 0) is 38.5 Å². The lowest BCUT2D eigenvalue weighted by Crippen LogP contribution is -2.13. The molecule has 0 rings (SSSR count). The fourth-order valence-corrected chi connectivity index (χ4v) is 10.1. The first-order valence-corrected chi connectivity index (χ1v) is 17.6. The molecule has 0 saturated carbocycles. The minimum absolute atomic E-state index is 0.676. The van der Waals surface area contributed by atoms with E-state index >= 15 is 0 Å². The van der Waals surface area contributed by atoms with Gasteiger partial charge in [0.1, 0.15) is 0 Å². The largest absolute Gasteiger partial charge is 0.0654 e. The molecule has 31 heavy (non-hydrogen) atoms. The SMILES string of the molecule is CCCCCCCCCCCCCC[P+](CCCCC)(CCCCC)CCCCCC. The summed E-state index contributed by atoms with van der Waals surface area (Å²) in [4.78, 5) is 0. The Morgan fingerprint density at radius 2 is 0.452 bits per heavy atom. The Kier molecular flexibility index (Phi) is 25.4. The highest BCUT2D eigenvalue weighted by Gasteiger charge is 2.34. The predicted octanol–water partition coefficient (Wildman–Crippen LogP) is 11.7. The minimum atomic E-state index is -0.676. The van der Waals surface area contributed by atoms with E-state index in [0.717, 1.165) is 0 Å². The summed E-state index contributed by atoms with van der Waals surface area (Å²) in [6.07, 6.45) is 39.1. The monoisotopic (exact) mass is 455 g/mol. The van der Waals surface area contributed by atoms with Gasteiger partial charge in [-0.3, -0.25) is 0 Å². The molecule has 0 aromatic rings. The van der Waals surface area contributed by atoms with Gasteiger partial charge in [-0.2, -0.15) is 0 Å². The van der Waals surface area contributed by atoms with E-state index in [0.29, 0.717) is 0 Å². The van der Waals surface area contributed by atoms with Crippen LogP contribution in [0.2, 0.25) is 0 Å². The summed E-state index contributed by atoms with van der Waals surface area (Å²) in [5, 5.41) is 0. The van der Waals surface area contributed by atoms with Crippen molar-refractivity contribution in [3.63, 3.8) is 0 Å². The lowest BCUT2D eigenvalue weighted by molar-refractivity contribution is 0.548. The van der Waals surface area contributed by atoms with Crippen LogP contribution in [0.4, 0.5) is 0 Å². The molecule has 0 aliphatic heterocycles. The van der Waals surface area contributed by atoms with E-state index in [1.807, 2.05) is 0 Å². The van der Waals surface area contributed by atoms with Gasteiger partial charge >= 0.3 is 0 Å². The molecule has 0 fully saturated rings. The van der Waals surface area contributed by atoms with E-state index in [9.17, 15) is 0 Å². The van der Waals surface area contributed by atoms with Gasteiger partial charge in [-0.15, -0.1) is 0 Å². The third kappa shape index (κ3) is 20.7. The Balaban J connectivity index is 4.20. The van der Waals surface area contributed by atoms with Crippen molar-refractivity contribution in [2.24, 2.45) is 0 Å². The van der Waals surface area contributed by atoms with Crippen LogP contribution in [-0.2, 0) is 0 Å². The molecule has 0 N–H and O–H groups in total. The van der Waals surface area contributed by atoms with Crippen LogP contribution in [0.25, 0.3) is 0 Å². The second kappa shape index (κ2) is 25.1. The molecule has 1 heteroatoms. The van der Waals surface area contributed by atoms with Crippen LogP contribution in [0.1, 0.15) is 169 Å². The van der Waals surface area contributed by atoms with Crippen molar-refractivity contribution in [2.45, 2.75) is 169 Å². The average molecular weight is 456 g/mol. The molecule has 0 amide bonds. The molecule has 0 spiro atoms. The maximum Gasteiger partial charge on any atom is 0.0594 e. The van der Waals surface area contributed by atoms with E-state index in [2.05, 4.69) is 27.7 Å². The van der Waals surface area contributed by atoms with Gasteiger partial charge < -0.3 is 0 Å². The zero-order valence-corrected chi connectivity index (χ0v) is 23.7. The van der Waals surface area contributed by atoms with Gasteiger partial charge in [-0.1, -0.05) is 130 Å². The Hall–Kier alpha value is 0.430. The first-order chi connectivity index (χ1) is 15.2. The summed E-state index contributed by atoms with van der Waals surface area (Å²) < 4.78 is 0. The van der Waals surface area contributed by atoms with Crippen molar-refractivity contribution in [1.82, 2.24) is 0 Å². The Morgan fingerprint density at radius 1 is 0.258 bits per heavy atom. The molecule has 0 aliphatic carbocycles. The van der Waals surface area contributed by atoms with Crippen molar-refractivity contribution in [1.29, 1.82) is 0 Å². The lowest BCUT2D eigenvalue weighted by atomic mass is 10.1. The lowest BCUT2D eigenvalue weighted by Gasteiger charge is -2.28. The molecule has 0 aromatic heterocycles. The molecule has 0 heterocycles. The zero-order chi connectivity index (χ0) is 22.9. The standard InChI is InChI=1S/C30H64P/c1-5-9-13-15-16-17-18-19-20-21-22-26-30-31(27-23-11-7-3,28-24-12-8-4)29-25-14-10-6-2/h5-30H2,1-4H3/q+1. The normalized spacial score (nSPS) is 12.0. The molecule has 0 atom stereocenters. The molecule has 0 aromatic carbocycles. The highest BCUT2D eigenvalue weighted by molar-refractivity contribution is 7.75. The first-order valence-electron chi connectivity index (χ1n) is 15.1. The number of rotatable bonds is 26. The zero-order valence-electron chi connectivity index (χ0n) is 22.8. The summed E-state index contributed by atoms with van der Waals surface area (Å²) in [6, 6.07) is 0. The highest BCUT2D eigenvalue weighted by atomic mass is 31.2. The molecule has 0 unspecified atom stereocenters. The second-order valence-electron chi connectivity index (χ2n) is 10.6. The molecule has 0 saturated heterocycles. The van der Waals surface area contributed by atoms with Gasteiger partial charge in [-0.25, -0.2) is 0 Å². The summed E-state index contributed by atoms with van der Waals surface area (Å²) in [7, 11) is -0.676. The van der Waals surface area contributed by atoms with Gasteiger partial charge in [0.2, 0.25) is 0 Å². The Bertz CT molecular complexity index is 314. The third-order valence-electron chi connectivity index (χ3n) is 7.44. The smallest absolute Gasteiger partial charge is 0.0594 e. The summed E-state index contributed by atoms with van der Waals surface area (Å²) in [6.45, 7) is 9.43. The number of hydrogen-bond donors (Lipinski definition) is 0. The Labute approximate surface area is 200 Å². The van der Waals surface area contributed by atoms with Gasteiger partial charge in [0.05, 0.1) is 24.6 Å². The third-order valence-corrected chi connectivity index (χ3v) is 12.5. The first kappa shape index (κ1) is 31.4. The number of hydrogen-bond acceptors (Lipinski definition) is 0. The van der Waals surface area contributed by atoms with Gasteiger partial charge in [0.25, 0.3) is 0 Å². The summed E-state index contributed by atoms with van der Waals surface area (Å²) in [5.74, 6) is 0. The molecule has 0 bridgehead atoms. The second-order valence-corrected chi connectivity index (χ2v) is 15.1. The minimum Gasteiger partial charge on any atom is -0.0654 e. The van der Waals surface area contributed by atoms with Crippen LogP contribution in [-0.4, -0.2) is 24.6 Å². The van der Waals surface area contributed by atoms with Crippen LogP contribution in [0.15, 0.2) is 0 Å². The van der Waals surface area contributed by atoms with Crippen LogP contribution >= 0.6 is 7.26 Å². The van der Waals surface area contributed by atoms with E-state index < -0.39 is 7.26 Å². The molecule has 0 nitrogen and oxygen atoms in total. The number of unbranched alkanes of at least 4 members (excludes halogenated alkanes) is 18. The highest BCUT2D eigenvalue weighted by Crippen LogP contribution is 2.61. The van der Waals surface area contributed by atoms with Gasteiger partial charge in [0.15, 0.2) is 0 Å². The molecule has 0 aliphatic rings. The van der Waals surface area contributed by atoms with Crippen molar-refractivity contribution in [3.05, 3.63) is 0 Å². The fourth-order valence-electron chi connectivity index (χ4n) is 5.23. The maximum absolute atomic E-state index is 2.38. The summed E-state index contributed by atoms with van der Waals surface area (Å²) in [5.41, 5.74) is 0. The van der Waals surface area contributed by atoms with E-state index in [4.69, 9.17) is 0 Å². The van der Waals surface area contributed by atoms with E-state index in [1.54, 1.807) is 31.1 Å². The predicted molar refractivity (Wildman–Crippen MR) is 151 cm³/mol. The Morgan fingerprint density at radius 3 is 0.774 bits per heavy atom. The van der Waals surface area contributed by atoms with E-state index in [-0.39, 0.29) is 0 Å². The molecular formula is C30H64P+. The van der Waals surface area contributed by atoms with Crippen molar-refractivity contribution in [2.75, 3.05) is 24.6 Å². The van der Waals surface area contributed by atoms with Gasteiger partial charge in [0, 0.05) is 7.26 Å².